The number of hydrogen-bond acceptors (Lipinski definition) is 7. The fraction of sp³-hybridized carbons (Fsp3) is 0.706. The van der Waals surface area contributed by atoms with Gasteiger partial charge in [-0.2, -0.15) is 9.40 Å². The summed E-state index contributed by atoms with van der Waals surface area (Å²) < 4.78 is 41.1. The molecule has 1 aliphatic rings. The molecule has 1 fully saturated rings. The fourth-order valence-corrected chi connectivity index (χ4v) is 5.04. The summed E-state index contributed by atoms with van der Waals surface area (Å²) >= 11 is 0. The van der Waals surface area contributed by atoms with E-state index in [4.69, 9.17) is 9.15 Å². The lowest BCUT2D eigenvalue weighted by molar-refractivity contribution is -0.0178. The first kappa shape index (κ1) is 20.0. The highest BCUT2D eigenvalue weighted by molar-refractivity contribution is 7.89. The van der Waals surface area contributed by atoms with Crippen molar-refractivity contribution < 1.29 is 17.6 Å². The van der Waals surface area contributed by atoms with Crippen LogP contribution in [0.4, 0.5) is 0 Å². The van der Waals surface area contributed by atoms with E-state index in [9.17, 15) is 8.42 Å². The first-order valence-electron chi connectivity index (χ1n) is 9.22. The molecule has 2 aromatic rings. The normalized spacial score (nSPS) is 19.1. The van der Waals surface area contributed by atoms with E-state index in [1.54, 1.807) is 18.5 Å². The molecule has 150 valence electrons. The van der Waals surface area contributed by atoms with E-state index >= 15 is 0 Å². The van der Waals surface area contributed by atoms with E-state index < -0.39 is 16.1 Å². The maximum absolute atomic E-state index is 13.3. The summed E-state index contributed by atoms with van der Waals surface area (Å²) in [5.74, 6) is 1.20. The second-order valence-corrected chi connectivity index (χ2v) is 9.06. The maximum Gasteiger partial charge on any atom is 0.246 e. The third-order valence-corrected chi connectivity index (χ3v) is 6.66. The van der Waals surface area contributed by atoms with E-state index in [1.807, 2.05) is 6.92 Å². The zero-order chi connectivity index (χ0) is 19.8. The average molecular weight is 398 g/mol. The van der Waals surface area contributed by atoms with Crippen molar-refractivity contribution in [2.24, 2.45) is 5.92 Å². The highest BCUT2D eigenvalue weighted by Crippen LogP contribution is 2.29. The van der Waals surface area contributed by atoms with Crippen LogP contribution in [-0.2, 0) is 27.7 Å². The predicted molar refractivity (Wildman–Crippen MR) is 97.7 cm³/mol. The van der Waals surface area contributed by atoms with E-state index in [1.165, 1.54) is 4.31 Å². The number of sulfonamides is 1. The van der Waals surface area contributed by atoms with Gasteiger partial charge in [0.2, 0.25) is 21.8 Å². The largest absolute Gasteiger partial charge is 0.422 e. The molecule has 0 radical (unpaired) electrons. The van der Waals surface area contributed by atoms with Gasteiger partial charge in [-0.3, -0.25) is 4.68 Å². The molecule has 0 spiro atoms. The van der Waals surface area contributed by atoms with Gasteiger partial charge in [0.15, 0.2) is 0 Å². The summed E-state index contributed by atoms with van der Waals surface area (Å²) in [4.78, 5) is 0.281. The zero-order valence-corrected chi connectivity index (χ0v) is 17.3. The molecule has 0 aromatic carbocycles. The van der Waals surface area contributed by atoms with Crippen LogP contribution >= 0.6 is 0 Å². The number of nitrogens with zero attached hydrogens (tertiary/aromatic N) is 5. The second-order valence-electron chi connectivity index (χ2n) is 7.19. The van der Waals surface area contributed by atoms with Crippen molar-refractivity contribution in [1.29, 1.82) is 0 Å². The maximum atomic E-state index is 13.3. The minimum absolute atomic E-state index is 0.141. The summed E-state index contributed by atoms with van der Waals surface area (Å²) in [6.45, 7) is 11.0. The minimum Gasteiger partial charge on any atom is -0.422 e. The number of ether oxygens (including phenoxy) is 1. The smallest absolute Gasteiger partial charge is 0.246 e. The molecule has 1 atom stereocenters. The lowest BCUT2D eigenvalue weighted by atomic mass is 10.2. The van der Waals surface area contributed by atoms with E-state index in [2.05, 4.69) is 29.1 Å². The molecular weight excluding hydrogens is 370 g/mol. The van der Waals surface area contributed by atoms with Gasteiger partial charge in [0.1, 0.15) is 11.0 Å². The highest BCUT2D eigenvalue weighted by Gasteiger charge is 2.37. The first-order valence-corrected chi connectivity index (χ1v) is 10.7. The third kappa shape index (κ3) is 3.92. The van der Waals surface area contributed by atoms with Gasteiger partial charge < -0.3 is 9.15 Å². The Balaban J connectivity index is 1.87. The van der Waals surface area contributed by atoms with Gasteiger partial charge in [0.25, 0.3) is 0 Å². The Hall–Kier alpha value is -1.78. The summed E-state index contributed by atoms with van der Waals surface area (Å²) in [5.41, 5.74) is 1.18. The van der Waals surface area contributed by atoms with E-state index in [0.717, 1.165) is 0 Å². The third-order valence-electron chi connectivity index (χ3n) is 4.54. The summed E-state index contributed by atoms with van der Waals surface area (Å²) in [6, 6.07) is 0. The molecule has 1 unspecified atom stereocenters. The molecule has 10 heteroatoms. The fourth-order valence-electron chi connectivity index (χ4n) is 3.24. The van der Waals surface area contributed by atoms with Crippen molar-refractivity contribution in [3.63, 3.8) is 0 Å². The molecule has 0 saturated carbocycles. The Bertz CT molecular complexity index is 903. The van der Waals surface area contributed by atoms with Gasteiger partial charge in [-0.1, -0.05) is 20.8 Å². The average Bonchev–Trinajstić information content (AvgIpc) is 3.19. The van der Waals surface area contributed by atoms with Gasteiger partial charge in [0.05, 0.1) is 18.0 Å². The van der Waals surface area contributed by atoms with Crippen molar-refractivity contribution in [3.8, 4) is 0 Å². The quantitative estimate of drug-likeness (QED) is 0.733. The Morgan fingerprint density at radius 2 is 2.00 bits per heavy atom. The van der Waals surface area contributed by atoms with Crippen LogP contribution in [0.15, 0.2) is 9.31 Å². The van der Waals surface area contributed by atoms with Crippen LogP contribution in [0.1, 0.15) is 50.0 Å². The first-order chi connectivity index (χ1) is 12.7. The van der Waals surface area contributed by atoms with Crippen molar-refractivity contribution in [1.82, 2.24) is 24.3 Å². The summed E-state index contributed by atoms with van der Waals surface area (Å²) in [6.07, 6.45) is 0.0578. The SMILES string of the molecule is CCc1nnc(C2CN(S(=O)(=O)c3c(C)nn(CC(C)C)c3C)CCO2)o1. The molecule has 27 heavy (non-hydrogen) atoms. The van der Waals surface area contributed by atoms with Crippen LogP contribution in [-0.4, -0.2) is 52.4 Å². The number of morpholine rings is 1. The topological polar surface area (TPSA) is 103 Å². The monoisotopic (exact) mass is 397 g/mol. The molecule has 3 rings (SSSR count). The lowest BCUT2D eigenvalue weighted by Gasteiger charge is -2.30. The van der Waals surface area contributed by atoms with Crippen LogP contribution in [0, 0.1) is 19.8 Å². The molecule has 9 nitrogen and oxygen atoms in total. The van der Waals surface area contributed by atoms with Crippen molar-refractivity contribution in [3.05, 3.63) is 23.2 Å². The van der Waals surface area contributed by atoms with Crippen molar-refractivity contribution >= 4 is 10.0 Å². The van der Waals surface area contributed by atoms with Crippen LogP contribution in [0.25, 0.3) is 0 Å². The van der Waals surface area contributed by atoms with Gasteiger partial charge in [-0.15, -0.1) is 10.2 Å². The highest BCUT2D eigenvalue weighted by atomic mass is 32.2. The number of hydrogen-bond donors (Lipinski definition) is 0. The van der Waals surface area contributed by atoms with E-state index in [0.29, 0.717) is 42.1 Å². The van der Waals surface area contributed by atoms with Gasteiger partial charge >= 0.3 is 0 Å². The van der Waals surface area contributed by atoms with Crippen LogP contribution < -0.4 is 0 Å². The van der Waals surface area contributed by atoms with Crippen LogP contribution in [0.2, 0.25) is 0 Å². The molecule has 3 heterocycles. The molecule has 0 bridgehead atoms. The molecule has 1 aliphatic heterocycles. The van der Waals surface area contributed by atoms with Crippen LogP contribution in [0.5, 0.6) is 0 Å². The molecule has 0 amide bonds. The Labute approximate surface area is 159 Å². The van der Waals surface area contributed by atoms with Crippen molar-refractivity contribution in [2.75, 3.05) is 19.7 Å². The standard InChI is InChI=1S/C17H27N5O4S/c1-6-15-18-19-17(26-15)14-10-21(7-8-25-14)27(23,24)16-12(4)20-22(13(16)5)9-11(2)3/h11,14H,6-10H2,1-5H3. The summed E-state index contributed by atoms with van der Waals surface area (Å²) in [7, 11) is -3.70. The van der Waals surface area contributed by atoms with Crippen LogP contribution in [0.3, 0.4) is 0 Å². The van der Waals surface area contributed by atoms with Gasteiger partial charge in [0, 0.05) is 26.1 Å². The molecule has 0 N–H and O–H groups in total. The number of aromatic nitrogens is 4. The Morgan fingerprint density at radius 1 is 1.26 bits per heavy atom. The molecule has 0 aliphatic carbocycles. The molecule has 2 aromatic heterocycles. The van der Waals surface area contributed by atoms with E-state index in [-0.39, 0.29) is 24.6 Å². The number of rotatable bonds is 6. The Morgan fingerprint density at radius 3 is 2.63 bits per heavy atom. The molecular formula is C17H27N5O4S. The zero-order valence-electron chi connectivity index (χ0n) is 16.5. The minimum atomic E-state index is -3.70. The van der Waals surface area contributed by atoms with Crippen molar-refractivity contribution in [2.45, 2.75) is 58.6 Å². The van der Waals surface area contributed by atoms with Gasteiger partial charge in [-0.05, 0) is 19.8 Å². The summed E-state index contributed by atoms with van der Waals surface area (Å²) in [5, 5.41) is 12.4. The van der Waals surface area contributed by atoms with Gasteiger partial charge in [-0.25, -0.2) is 8.42 Å². The molecule has 1 saturated heterocycles. The Kier molecular flexibility index (Phi) is 5.68. The predicted octanol–water partition coefficient (Wildman–Crippen LogP) is 1.86. The lowest BCUT2D eigenvalue weighted by Crippen LogP contribution is -2.42. The second kappa shape index (κ2) is 7.69. The number of aryl methyl sites for hydroxylation is 2.